The van der Waals surface area contributed by atoms with Crippen molar-refractivity contribution >= 4 is 17.5 Å². The van der Waals surface area contributed by atoms with Gasteiger partial charge < -0.3 is 10.2 Å². The minimum Gasteiger partial charge on any atom is -0.337 e. The van der Waals surface area contributed by atoms with Gasteiger partial charge in [0.1, 0.15) is 17.3 Å². The first kappa shape index (κ1) is 17.3. The maximum absolute atomic E-state index is 13.8. The fourth-order valence-electron chi connectivity index (χ4n) is 2.88. The molecule has 5 nitrogen and oxygen atoms in total. The van der Waals surface area contributed by atoms with Crippen molar-refractivity contribution in [3.63, 3.8) is 0 Å². The number of carbonyl (C=O) groups is 1. The number of likely N-dealkylation sites (tertiary alicyclic amines) is 1. The summed E-state index contributed by atoms with van der Waals surface area (Å²) in [6, 6.07) is 4.82. The van der Waals surface area contributed by atoms with Gasteiger partial charge in [0.15, 0.2) is 0 Å². The van der Waals surface area contributed by atoms with Crippen molar-refractivity contribution in [3.05, 3.63) is 47.3 Å². The summed E-state index contributed by atoms with van der Waals surface area (Å²) >= 11 is 0. The molecule has 1 N–H and O–H groups in total. The molecule has 25 heavy (non-hydrogen) atoms. The predicted octanol–water partition coefficient (Wildman–Crippen LogP) is 3.82. The second-order valence-electron chi connectivity index (χ2n) is 6.17. The Morgan fingerprint density at radius 3 is 2.48 bits per heavy atom. The minimum absolute atomic E-state index is 0.0557. The molecule has 0 atom stereocenters. The molecule has 1 amide bonds. The number of anilines is 2. The van der Waals surface area contributed by atoms with Crippen LogP contribution in [0.2, 0.25) is 0 Å². The monoisotopic (exact) mass is 346 g/mol. The van der Waals surface area contributed by atoms with Crippen molar-refractivity contribution in [2.75, 3.05) is 18.4 Å². The molecule has 0 unspecified atom stereocenters. The molecule has 0 radical (unpaired) electrons. The van der Waals surface area contributed by atoms with Gasteiger partial charge in [-0.25, -0.2) is 18.7 Å². The Labute approximate surface area is 145 Å². The summed E-state index contributed by atoms with van der Waals surface area (Å²) in [4.78, 5) is 22.9. The molecule has 1 fully saturated rings. The number of aryl methyl sites for hydroxylation is 1. The van der Waals surface area contributed by atoms with E-state index in [0.29, 0.717) is 5.69 Å². The summed E-state index contributed by atoms with van der Waals surface area (Å²) < 4.78 is 26.8. The van der Waals surface area contributed by atoms with E-state index in [-0.39, 0.29) is 23.2 Å². The van der Waals surface area contributed by atoms with Gasteiger partial charge in [0.05, 0.1) is 5.69 Å². The predicted molar refractivity (Wildman–Crippen MR) is 90.8 cm³/mol. The van der Waals surface area contributed by atoms with Gasteiger partial charge in [-0.05, 0) is 38.0 Å². The van der Waals surface area contributed by atoms with Crippen LogP contribution in [-0.2, 0) is 0 Å². The van der Waals surface area contributed by atoms with E-state index in [0.717, 1.165) is 50.9 Å². The number of amides is 1. The van der Waals surface area contributed by atoms with E-state index in [2.05, 4.69) is 15.3 Å². The van der Waals surface area contributed by atoms with Crippen molar-refractivity contribution in [3.8, 4) is 0 Å². The number of rotatable bonds is 3. The second-order valence-corrected chi connectivity index (χ2v) is 6.17. The van der Waals surface area contributed by atoms with E-state index in [9.17, 15) is 13.6 Å². The number of halogens is 2. The van der Waals surface area contributed by atoms with Crippen LogP contribution in [0.3, 0.4) is 0 Å². The molecule has 1 aliphatic rings. The lowest BCUT2D eigenvalue weighted by Crippen LogP contribution is -2.32. The normalized spacial score (nSPS) is 14.9. The van der Waals surface area contributed by atoms with E-state index in [4.69, 9.17) is 0 Å². The third-order valence-electron chi connectivity index (χ3n) is 4.14. The van der Waals surface area contributed by atoms with Gasteiger partial charge in [0, 0.05) is 24.8 Å². The van der Waals surface area contributed by atoms with Gasteiger partial charge in [0.25, 0.3) is 5.91 Å². The molecule has 7 heteroatoms. The highest BCUT2D eigenvalue weighted by Gasteiger charge is 2.20. The van der Waals surface area contributed by atoms with Crippen LogP contribution in [0.5, 0.6) is 0 Å². The van der Waals surface area contributed by atoms with Crippen LogP contribution in [0, 0.1) is 18.6 Å². The van der Waals surface area contributed by atoms with Crippen LogP contribution in [0.15, 0.2) is 24.3 Å². The first-order valence-electron chi connectivity index (χ1n) is 8.40. The van der Waals surface area contributed by atoms with Crippen LogP contribution in [0.1, 0.15) is 41.9 Å². The molecular formula is C18H20F2N4O. The zero-order valence-electron chi connectivity index (χ0n) is 14.1. The highest BCUT2D eigenvalue weighted by molar-refractivity contribution is 5.92. The molecule has 2 aromatic rings. The molecule has 1 aliphatic heterocycles. The highest BCUT2D eigenvalue weighted by Crippen LogP contribution is 2.20. The van der Waals surface area contributed by atoms with Crippen molar-refractivity contribution in [1.29, 1.82) is 0 Å². The van der Waals surface area contributed by atoms with Gasteiger partial charge in [-0.3, -0.25) is 4.79 Å². The molecule has 0 aliphatic carbocycles. The number of aromatic nitrogens is 2. The molecule has 0 saturated carbocycles. The Kier molecular flexibility index (Phi) is 5.21. The van der Waals surface area contributed by atoms with Gasteiger partial charge >= 0.3 is 0 Å². The maximum Gasteiger partial charge on any atom is 0.272 e. The zero-order valence-corrected chi connectivity index (χ0v) is 14.1. The van der Waals surface area contributed by atoms with Crippen molar-refractivity contribution in [2.24, 2.45) is 0 Å². The van der Waals surface area contributed by atoms with E-state index in [1.54, 1.807) is 17.9 Å². The lowest BCUT2D eigenvalue weighted by Gasteiger charge is -2.20. The fourth-order valence-corrected chi connectivity index (χ4v) is 2.88. The van der Waals surface area contributed by atoms with Crippen molar-refractivity contribution < 1.29 is 13.6 Å². The van der Waals surface area contributed by atoms with Crippen molar-refractivity contribution in [2.45, 2.75) is 32.6 Å². The lowest BCUT2D eigenvalue weighted by atomic mass is 10.2. The van der Waals surface area contributed by atoms with Crippen LogP contribution >= 0.6 is 0 Å². The largest absolute Gasteiger partial charge is 0.337 e. The van der Waals surface area contributed by atoms with Crippen LogP contribution in [0.25, 0.3) is 0 Å². The summed E-state index contributed by atoms with van der Waals surface area (Å²) in [5.41, 5.74) is 0.929. The Bertz CT molecular complexity index is 774. The van der Waals surface area contributed by atoms with Crippen LogP contribution < -0.4 is 5.32 Å². The minimum atomic E-state index is -0.745. The average molecular weight is 346 g/mol. The molecule has 3 rings (SSSR count). The average Bonchev–Trinajstić information content (AvgIpc) is 2.85. The molecule has 132 valence electrons. The maximum atomic E-state index is 13.8. The number of hydrogen-bond acceptors (Lipinski definition) is 4. The quantitative estimate of drug-likeness (QED) is 0.918. The molecule has 0 bridgehead atoms. The van der Waals surface area contributed by atoms with Gasteiger partial charge in [-0.2, -0.15) is 0 Å². The summed E-state index contributed by atoms with van der Waals surface area (Å²) in [7, 11) is 0. The van der Waals surface area contributed by atoms with E-state index >= 15 is 0 Å². The smallest absolute Gasteiger partial charge is 0.272 e. The summed E-state index contributed by atoms with van der Waals surface area (Å²) in [6.45, 7) is 3.18. The second kappa shape index (κ2) is 7.55. The topological polar surface area (TPSA) is 58.1 Å². The van der Waals surface area contributed by atoms with Crippen LogP contribution in [0.4, 0.5) is 20.4 Å². The zero-order chi connectivity index (χ0) is 17.8. The van der Waals surface area contributed by atoms with E-state index in [1.807, 2.05) is 0 Å². The Morgan fingerprint density at radius 2 is 1.80 bits per heavy atom. The first-order valence-corrected chi connectivity index (χ1v) is 8.40. The Hall–Kier alpha value is -2.57. The Morgan fingerprint density at radius 1 is 1.08 bits per heavy atom. The summed E-state index contributed by atoms with van der Waals surface area (Å²) in [5, 5.41) is 2.72. The number of benzene rings is 1. The third-order valence-corrected chi connectivity index (χ3v) is 4.14. The number of nitrogens with zero attached hydrogens (tertiary/aromatic N) is 3. The van der Waals surface area contributed by atoms with E-state index < -0.39 is 11.6 Å². The third kappa shape index (κ3) is 4.29. The first-order chi connectivity index (χ1) is 12.0. The van der Waals surface area contributed by atoms with E-state index in [1.165, 1.54) is 6.07 Å². The lowest BCUT2D eigenvalue weighted by molar-refractivity contribution is 0.0755. The van der Waals surface area contributed by atoms with Crippen LogP contribution in [-0.4, -0.2) is 33.9 Å². The standard InChI is InChI=1S/C18H20F2N4O/c1-12-10-16(17(25)24-8-4-2-3-5-9-24)23-18(21-12)22-15-7-6-13(19)11-14(15)20/h6-7,10-11H,2-5,8-9H2,1H3,(H,21,22,23). The van der Waals surface area contributed by atoms with Gasteiger partial charge in [0.2, 0.25) is 5.95 Å². The number of hydrogen-bond donors (Lipinski definition) is 1. The molecule has 0 spiro atoms. The van der Waals surface area contributed by atoms with Gasteiger partial charge in [-0.1, -0.05) is 12.8 Å². The van der Waals surface area contributed by atoms with Gasteiger partial charge in [-0.15, -0.1) is 0 Å². The SMILES string of the molecule is Cc1cc(C(=O)N2CCCCCC2)nc(Nc2ccc(F)cc2F)n1. The molecule has 1 aromatic carbocycles. The summed E-state index contributed by atoms with van der Waals surface area (Å²) in [5.74, 6) is -1.44. The Balaban J connectivity index is 1.83. The molecule has 1 aromatic heterocycles. The number of carbonyl (C=O) groups excluding carboxylic acids is 1. The summed E-state index contributed by atoms with van der Waals surface area (Å²) in [6.07, 6.45) is 4.23. The molecule has 1 saturated heterocycles. The number of nitrogens with one attached hydrogen (secondary N) is 1. The molecule has 2 heterocycles. The highest BCUT2D eigenvalue weighted by atomic mass is 19.1. The fraction of sp³-hybridized carbons (Fsp3) is 0.389. The van der Waals surface area contributed by atoms with Crippen molar-refractivity contribution in [1.82, 2.24) is 14.9 Å². The molecular weight excluding hydrogens is 326 g/mol.